The quantitative estimate of drug-likeness (QED) is 0.754. The van der Waals surface area contributed by atoms with E-state index in [0.717, 1.165) is 19.3 Å². The summed E-state index contributed by atoms with van der Waals surface area (Å²) in [5.74, 6) is -0.120. The van der Waals surface area contributed by atoms with Gasteiger partial charge in [0.2, 0.25) is 17.7 Å². The maximum Gasteiger partial charge on any atom is 0.229 e. The normalized spacial score (nSPS) is 16.8. The van der Waals surface area contributed by atoms with Crippen LogP contribution in [0.1, 0.15) is 31.4 Å². The van der Waals surface area contributed by atoms with Crippen molar-refractivity contribution in [3.8, 4) is 11.5 Å². The lowest BCUT2D eigenvalue weighted by Gasteiger charge is -2.35. The number of benzene rings is 1. The predicted molar refractivity (Wildman–Crippen MR) is 102 cm³/mol. The van der Waals surface area contributed by atoms with Gasteiger partial charge in [0.15, 0.2) is 0 Å². The molecule has 1 aliphatic rings. The van der Waals surface area contributed by atoms with Gasteiger partial charge in [0, 0.05) is 37.7 Å². The van der Waals surface area contributed by atoms with Crippen molar-refractivity contribution in [2.24, 2.45) is 5.73 Å². The van der Waals surface area contributed by atoms with Crippen LogP contribution in [0.2, 0.25) is 0 Å². The average Bonchev–Trinajstić information content (AvgIpc) is 3.16. The molecule has 0 aliphatic carbocycles. The molecule has 150 valence electrons. The Balaban J connectivity index is 1.60. The summed E-state index contributed by atoms with van der Waals surface area (Å²) in [5, 5.41) is 2.85. The number of nitrogens with one attached hydrogen (secondary N) is 1. The first-order chi connectivity index (χ1) is 13.6. The smallest absolute Gasteiger partial charge is 0.229 e. The monoisotopic (exact) mass is 388 g/mol. The molecule has 1 aliphatic heterocycles. The second kappa shape index (κ2) is 9.45. The highest BCUT2D eigenvalue weighted by Gasteiger charge is 2.27. The van der Waals surface area contributed by atoms with Crippen LogP contribution in [0.15, 0.2) is 34.9 Å². The molecular weight excluding hydrogens is 363 g/mol. The Bertz CT molecular complexity index is 806. The number of likely N-dealkylation sites (tertiary alicyclic amines) is 1. The van der Waals surface area contributed by atoms with E-state index >= 15 is 0 Å². The fourth-order valence-corrected chi connectivity index (χ4v) is 3.36. The van der Waals surface area contributed by atoms with Gasteiger partial charge in [-0.05, 0) is 43.5 Å². The summed E-state index contributed by atoms with van der Waals surface area (Å²) in [6.45, 7) is 1.41. The summed E-state index contributed by atoms with van der Waals surface area (Å²) in [4.78, 5) is 30.6. The molecule has 0 radical (unpaired) electrons. The number of hydrogen-bond donors (Lipinski definition) is 2. The fourth-order valence-electron chi connectivity index (χ4n) is 3.36. The topological polar surface area (TPSA) is 101 Å². The van der Waals surface area contributed by atoms with Crippen LogP contribution in [0.5, 0.6) is 0 Å². The lowest BCUT2D eigenvalue weighted by atomic mass is 10.0. The Hall–Kier alpha value is -2.74. The highest BCUT2D eigenvalue weighted by Crippen LogP contribution is 2.21. The van der Waals surface area contributed by atoms with Crippen molar-refractivity contribution in [2.45, 2.75) is 38.1 Å². The largest absolute Gasteiger partial charge is 0.444 e. The fraction of sp³-hybridized carbons (Fsp3) is 0.450. The third kappa shape index (κ3) is 5.16. The van der Waals surface area contributed by atoms with Crippen LogP contribution >= 0.6 is 0 Å². The minimum atomic E-state index is -0.333. The molecule has 1 aromatic carbocycles. The van der Waals surface area contributed by atoms with Crippen LogP contribution in [0.25, 0.3) is 11.5 Å². The first-order valence-corrected chi connectivity index (χ1v) is 9.53. The highest BCUT2D eigenvalue weighted by atomic mass is 19.1. The summed E-state index contributed by atoms with van der Waals surface area (Å²) in [6, 6.07) is 5.81. The van der Waals surface area contributed by atoms with E-state index in [2.05, 4.69) is 10.3 Å². The SMILES string of the molecule is NCCC(=O)NCC1CCCCN1C(=O)Cc1coc(-c2ccc(F)cc2)n1. The number of amides is 2. The zero-order valence-electron chi connectivity index (χ0n) is 15.7. The summed E-state index contributed by atoms with van der Waals surface area (Å²) >= 11 is 0. The molecule has 0 spiro atoms. The Labute approximate surface area is 163 Å². The Morgan fingerprint density at radius 1 is 1.29 bits per heavy atom. The van der Waals surface area contributed by atoms with E-state index in [4.69, 9.17) is 10.2 Å². The molecule has 28 heavy (non-hydrogen) atoms. The van der Waals surface area contributed by atoms with Gasteiger partial charge in [0.25, 0.3) is 0 Å². The molecule has 2 aromatic rings. The molecule has 1 atom stereocenters. The molecule has 1 unspecified atom stereocenters. The van der Waals surface area contributed by atoms with Crippen LogP contribution in [0.3, 0.4) is 0 Å². The molecule has 8 heteroatoms. The van der Waals surface area contributed by atoms with Crippen molar-refractivity contribution >= 4 is 11.8 Å². The summed E-state index contributed by atoms with van der Waals surface area (Å²) in [5.41, 5.74) is 6.57. The van der Waals surface area contributed by atoms with Crippen molar-refractivity contribution in [2.75, 3.05) is 19.6 Å². The molecule has 2 heterocycles. The summed E-state index contributed by atoms with van der Waals surface area (Å²) < 4.78 is 18.5. The number of oxazole rings is 1. The highest BCUT2D eigenvalue weighted by molar-refractivity contribution is 5.79. The van der Waals surface area contributed by atoms with E-state index in [1.807, 2.05) is 4.90 Å². The number of carbonyl (C=O) groups is 2. The number of nitrogens with two attached hydrogens (primary N) is 1. The van der Waals surface area contributed by atoms with E-state index in [1.165, 1.54) is 18.4 Å². The lowest BCUT2D eigenvalue weighted by Crippen LogP contribution is -2.50. The van der Waals surface area contributed by atoms with Gasteiger partial charge in [-0.25, -0.2) is 9.37 Å². The molecule has 1 saturated heterocycles. The number of aromatic nitrogens is 1. The number of halogens is 1. The number of piperidine rings is 1. The molecule has 2 amide bonds. The van der Waals surface area contributed by atoms with Gasteiger partial charge in [-0.15, -0.1) is 0 Å². The van der Waals surface area contributed by atoms with E-state index in [-0.39, 0.29) is 36.5 Å². The van der Waals surface area contributed by atoms with Gasteiger partial charge in [0.05, 0.1) is 12.1 Å². The van der Waals surface area contributed by atoms with Gasteiger partial charge in [0.1, 0.15) is 12.1 Å². The van der Waals surface area contributed by atoms with Crippen molar-refractivity contribution < 1.29 is 18.4 Å². The Morgan fingerprint density at radius 2 is 2.07 bits per heavy atom. The third-order valence-corrected chi connectivity index (χ3v) is 4.83. The lowest BCUT2D eigenvalue weighted by molar-refractivity contribution is -0.134. The van der Waals surface area contributed by atoms with Crippen LogP contribution in [0.4, 0.5) is 4.39 Å². The molecule has 0 saturated carbocycles. The second-order valence-corrected chi connectivity index (χ2v) is 6.91. The van der Waals surface area contributed by atoms with E-state index in [1.54, 1.807) is 12.1 Å². The van der Waals surface area contributed by atoms with Gasteiger partial charge in [-0.1, -0.05) is 0 Å². The third-order valence-electron chi connectivity index (χ3n) is 4.83. The molecular formula is C20H25FN4O3. The maximum absolute atomic E-state index is 13.0. The standard InChI is InChI=1S/C20H25FN4O3/c21-15-6-4-14(5-7-15)20-24-16(13-28-20)11-19(27)25-10-2-1-3-17(25)12-23-18(26)8-9-22/h4-7,13,17H,1-3,8-12,22H2,(H,23,26). The molecule has 1 fully saturated rings. The average molecular weight is 388 g/mol. The molecule has 3 rings (SSSR count). The van der Waals surface area contributed by atoms with E-state index in [0.29, 0.717) is 36.8 Å². The number of hydrogen-bond acceptors (Lipinski definition) is 5. The zero-order valence-corrected chi connectivity index (χ0v) is 15.7. The summed E-state index contributed by atoms with van der Waals surface area (Å²) in [6.07, 6.45) is 4.69. The first kappa shape index (κ1) is 20.0. The van der Waals surface area contributed by atoms with Gasteiger partial charge in [-0.2, -0.15) is 0 Å². The molecule has 3 N–H and O–H groups in total. The van der Waals surface area contributed by atoms with Crippen LogP contribution in [-0.2, 0) is 16.0 Å². The van der Waals surface area contributed by atoms with E-state index < -0.39 is 0 Å². The minimum Gasteiger partial charge on any atom is -0.444 e. The Kier molecular flexibility index (Phi) is 6.76. The van der Waals surface area contributed by atoms with Crippen LogP contribution in [0, 0.1) is 5.82 Å². The molecule has 1 aromatic heterocycles. The predicted octanol–water partition coefficient (Wildman–Crippen LogP) is 1.87. The van der Waals surface area contributed by atoms with Crippen molar-refractivity contribution in [3.05, 3.63) is 42.0 Å². The number of nitrogens with zero attached hydrogens (tertiary/aromatic N) is 2. The molecule has 7 nitrogen and oxygen atoms in total. The maximum atomic E-state index is 13.0. The van der Waals surface area contributed by atoms with Gasteiger partial charge in [-0.3, -0.25) is 9.59 Å². The minimum absolute atomic E-state index is 0.0218. The van der Waals surface area contributed by atoms with Crippen LogP contribution in [-0.4, -0.2) is 47.4 Å². The van der Waals surface area contributed by atoms with Crippen LogP contribution < -0.4 is 11.1 Å². The first-order valence-electron chi connectivity index (χ1n) is 9.53. The number of carbonyl (C=O) groups excluding carboxylic acids is 2. The van der Waals surface area contributed by atoms with E-state index in [9.17, 15) is 14.0 Å². The van der Waals surface area contributed by atoms with Crippen molar-refractivity contribution in [1.29, 1.82) is 0 Å². The zero-order chi connectivity index (χ0) is 19.9. The van der Waals surface area contributed by atoms with Crippen molar-refractivity contribution in [3.63, 3.8) is 0 Å². The van der Waals surface area contributed by atoms with Gasteiger partial charge >= 0.3 is 0 Å². The molecule has 0 bridgehead atoms. The number of rotatable bonds is 7. The Morgan fingerprint density at radius 3 is 2.82 bits per heavy atom. The second-order valence-electron chi connectivity index (χ2n) is 6.91. The van der Waals surface area contributed by atoms with Crippen molar-refractivity contribution in [1.82, 2.24) is 15.2 Å². The summed E-state index contributed by atoms with van der Waals surface area (Å²) in [7, 11) is 0. The van der Waals surface area contributed by atoms with Gasteiger partial charge < -0.3 is 20.4 Å².